The minimum Gasteiger partial charge on any atom is -0.465 e. The number of rotatable bonds is 5. The second-order valence-corrected chi connectivity index (χ2v) is 4.94. The number of nitrogens with zero attached hydrogens (tertiary/aromatic N) is 3. The highest BCUT2D eigenvalue weighted by Gasteiger charge is 2.19. The Labute approximate surface area is 127 Å². The number of nitro benzene ring substituents is 1. The van der Waals surface area contributed by atoms with E-state index in [0.717, 1.165) is 12.0 Å². The van der Waals surface area contributed by atoms with Crippen LogP contribution in [0.25, 0.3) is 11.1 Å². The smallest absolute Gasteiger partial charge is 0.338 e. The van der Waals surface area contributed by atoms with Crippen LogP contribution in [0.1, 0.15) is 36.7 Å². The predicted octanol–water partition coefficient (Wildman–Crippen LogP) is 3.22. The van der Waals surface area contributed by atoms with Gasteiger partial charge in [0.15, 0.2) is 0 Å². The first-order valence-electron chi connectivity index (χ1n) is 6.89. The fourth-order valence-corrected chi connectivity index (χ4v) is 2.08. The van der Waals surface area contributed by atoms with Gasteiger partial charge in [0.05, 0.1) is 23.8 Å². The molecule has 0 aliphatic rings. The van der Waals surface area contributed by atoms with E-state index in [-0.39, 0.29) is 17.3 Å². The molecule has 2 aromatic rings. The summed E-state index contributed by atoms with van der Waals surface area (Å²) in [5.41, 5.74) is 1.28. The van der Waals surface area contributed by atoms with Gasteiger partial charge in [-0.3, -0.25) is 14.8 Å². The Kier molecular flexibility index (Phi) is 4.55. The molecule has 116 valence electrons. The van der Waals surface area contributed by atoms with Gasteiger partial charge in [0.2, 0.25) is 0 Å². The van der Waals surface area contributed by atoms with E-state index in [1.165, 1.54) is 19.2 Å². The number of carbonyl (C=O) groups excluding carboxylic acids is 1. The van der Waals surface area contributed by atoms with Crippen LogP contribution in [-0.2, 0) is 4.74 Å². The second-order valence-electron chi connectivity index (χ2n) is 4.94. The SMILES string of the molecule is CC[C@@H](C)n1cc(-c2ccc([N+](=O)[O-])cc2C(=O)OC)cn1. The van der Waals surface area contributed by atoms with E-state index in [2.05, 4.69) is 12.0 Å². The molecule has 0 radical (unpaired) electrons. The minimum atomic E-state index is -0.616. The van der Waals surface area contributed by atoms with E-state index in [1.54, 1.807) is 16.9 Å². The van der Waals surface area contributed by atoms with Gasteiger partial charge in [0, 0.05) is 29.9 Å². The zero-order valence-electron chi connectivity index (χ0n) is 12.6. The van der Waals surface area contributed by atoms with Gasteiger partial charge >= 0.3 is 5.97 Å². The van der Waals surface area contributed by atoms with Crippen molar-refractivity contribution in [1.29, 1.82) is 0 Å². The number of ether oxygens (including phenoxy) is 1. The monoisotopic (exact) mass is 303 g/mol. The Morgan fingerprint density at radius 2 is 2.23 bits per heavy atom. The number of non-ortho nitro benzene ring substituents is 1. The molecule has 0 bridgehead atoms. The molecule has 0 saturated carbocycles. The van der Waals surface area contributed by atoms with Gasteiger partial charge in [-0.15, -0.1) is 0 Å². The van der Waals surface area contributed by atoms with Crippen LogP contribution in [0.4, 0.5) is 5.69 Å². The Morgan fingerprint density at radius 3 is 2.82 bits per heavy atom. The summed E-state index contributed by atoms with van der Waals surface area (Å²) in [6, 6.07) is 4.36. The van der Waals surface area contributed by atoms with E-state index in [9.17, 15) is 14.9 Å². The number of hydrogen-bond donors (Lipinski definition) is 0. The van der Waals surface area contributed by atoms with Crippen molar-refractivity contribution < 1.29 is 14.5 Å². The Balaban J connectivity index is 2.52. The summed E-state index contributed by atoms with van der Waals surface area (Å²) >= 11 is 0. The fraction of sp³-hybridized carbons (Fsp3) is 0.333. The average molecular weight is 303 g/mol. The number of carbonyl (C=O) groups is 1. The second kappa shape index (κ2) is 6.38. The first-order chi connectivity index (χ1) is 10.5. The van der Waals surface area contributed by atoms with E-state index in [4.69, 9.17) is 4.74 Å². The number of benzene rings is 1. The van der Waals surface area contributed by atoms with Gasteiger partial charge in [-0.1, -0.05) is 6.92 Å². The molecule has 0 aliphatic carbocycles. The molecular weight excluding hydrogens is 286 g/mol. The van der Waals surface area contributed by atoms with Gasteiger partial charge in [-0.05, 0) is 25.0 Å². The Morgan fingerprint density at radius 1 is 1.50 bits per heavy atom. The van der Waals surface area contributed by atoms with E-state index in [1.807, 2.05) is 13.1 Å². The van der Waals surface area contributed by atoms with E-state index in [0.29, 0.717) is 5.56 Å². The zero-order valence-corrected chi connectivity index (χ0v) is 12.6. The quantitative estimate of drug-likeness (QED) is 0.481. The summed E-state index contributed by atoms with van der Waals surface area (Å²) in [6.45, 7) is 4.09. The van der Waals surface area contributed by atoms with Gasteiger partial charge in [-0.25, -0.2) is 4.79 Å². The standard InChI is InChI=1S/C15H17N3O4/c1-4-10(2)17-9-11(8-16-17)13-6-5-12(18(20)21)7-14(13)15(19)22-3/h5-10H,4H2,1-3H3/t10-/m1/s1. The lowest BCUT2D eigenvalue weighted by atomic mass is 10.0. The highest BCUT2D eigenvalue weighted by molar-refractivity contribution is 5.97. The summed E-state index contributed by atoms with van der Waals surface area (Å²) in [6.07, 6.45) is 4.38. The summed E-state index contributed by atoms with van der Waals surface area (Å²) in [4.78, 5) is 22.2. The van der Waals surface area contributed by atoms with Crippen molar-refractivity contribution in [2.24, 2.45) is 0 Å². The molecule has 2 rings (SSSR count). The Bertz CT molecular complexity index is 709. The number of esters is 1. The molecule has 1 heterocycles. The van der Waals surface area contributed by atoms with Crippen LogP contribution in [-0.4, -0.2) is 27.8 Å². The molecule has 0 spiro atoms. The maximum Gasteiger partial charge on any atom is 0.338 e. The molecule has 0 N–H and O–H groups in total. The van der Waals surface area contributed by atoms with Crippen LogP contribution in [0.3, 0.4) is 0 Å². The molecule has 7 nitrogen and oxygen atoms in total. The highest BCUT2D eigenvalue weighted by atomic mass is 16.6. The molecule has 1 atom stereocenters. The van der Waals surface area contributed by atoms with Crippen LogP contribution >= 0.6 is 0 Å². The largest absolute Gasteiger partial charge is 0.465 e. The maximum atomic E-state index is 11.9. The van der Waals surface area contributed by atoms with Gasteiger partial charge < -0.3 is 4.74 Å². The van der Waals surface area contributed by atoms with Gasteiger partial charge in [-0.2, -0.15) is 5.10 Å². The van der Waals surface area contributed by atoms with Crippen LogP contribution < -0.4 is 0 Å². The summed E-state index contributed by atoms with van der Waals surface area (Å²) in [5.74, 6) is -0.616. The molecule has 1 aromatic heterocycles. The highest BCUT2D eigenvalue weighted by Crippen LogP contribution is 2.28. The molecule has 0 unspecified atom stereocenters. The lowest BCUT2D eigenvalue weighted by molar-refractivity contribution is -0.384. The van der Waals surface area contributed by atoms with E-state index < -0.39 is 10.9 Å². The molecule has 22 heavy (non-hydrogen) atoms. The third-order valence-corrected chi connectivity index (χ3v) is 3.57. The van der Waals surface area contributed by atoms with Crippen LogP contribution in [0.2, 0.25) is 0 Å². The van der Waals surface area contributed by atoms with Crippen molar-refractivity contribution in [3.63, 3.8) is 0 Å². The molecular formula is C15H17N3O4. The third kappa shape index (κ3) is 2.98. The number of aromatic nitrogens is 2. The number of nitro groups is 1. The number of methoxy groups -OCH3 is 1. The van der Waals surface area contributed by atoms with Crippen molar-refractivity contribution in [1.82, 2.24) is 9.78 Å². The molecule has 0 amide bonds. The normalized spacial score (nSPS) is 12.0. The van der Waals surface area contributed by atoms with Crippen molar-refractivity contribution in [3.05, 3.63) is 46.3 Å². The van der Waals surface area contributed by atoms with Crippen molar-refractivity contribution in [3.8, 4) is 11.1 Å². The third-order valence-electron chi connectivity index (χ3n) is 3.57. The van der Waals surface area contributed by atoms with Crippen molar-refractivity contribution in [2.75, 3.05) is 7.11 Å². The lowest BCUT2D eigenvalue weighted by Crippen LogP contribution is -2.05. The molecule has 1 aromatic carbocycles. The predicted molar refractivity (Wildman–Crippen MR) is 80.7 cm³/mol. The van der Waals surface area contributed by atoms with Crippen molar-refractivity contribution >= 4 is 11.7 Å². The van der Waals surface area contributed by atoms with Crippen LogP contribution in [0.15, 0.2) is 30.6 Å². The fourth-order valence-electron chi connectivity index (χ4n) is 2.08. The van der Waals surface area contributed by atoms with Gasteiger partial charge in [0.25, 0.3) is 5.69 Å². The maximum absolute atomic E-state index is 11.9. The van der Waals surface area contributed by atoms with Crippen LogP contribution in [0, 0.1) is 10.1 Å². The topological polar surface area (TPSA) is 87.3 Å². The zero-order chi connectivity index (χ0) is 16.3. The Hall–Kier alpha value is -2.70. The summed E-state index contributed by atoms with van der Waals surface area (Å²) in [5, 5.41) is 15.2. The first-order valence-corrected chi connectivity index (χ1v) is 6.89. The molecule has 0 fully saturated rings. The van der Waals surface area contributed by atoms with Gasteiger partial charge in [0.1, 0.15) is 0 Å². The van der Waals surface area contributed by atoms with Crippen LogP contribution in [0.5, 0.6) is 0 Å². The minimum absolute atomic E-state index is 0.153. The first kappa shape index (κ1) is 15.7. The molecule has 7 heteroatoms. The molecule has 0 aliphatic heterocycles. The summed E-state index contributed by atoms with van der Waals surface area (Å²) in [7, 11) is 1.24. The van der Waals surface area contributed by atoms with Crippen molar-refractivity contribution in [2.45, 2.75) is 26.3 Å². The number of hydrogen-bond acceptors (Lipinski definition) is 5. The van der Waals surface area contributed by atoms with E-state index >= 15 is 0 Å². The molecule has 0 saturated heterocycles. The lowest BCUT2D eigenvalue weighted by Gasteiger charge is -2.08. The average Bonchev–Trinajstić information content (AvgIpc) is 3.02. The summed E-state index contributed by atoms with van der Waals surface area (Å²) < 4.78 is 6.52.